The Morgan fingerprint density at radius 1 is 0.903 bits per heavy atom. The third kappa shape index (κ3) is 5.22. The number of halogens is 3. The molecule has 0 saturated heterocycles. The Morgan fingerprint density at radius 2 is 1.58 bits per heavy atom. The number of hydrogen-bond acceptors (Lipinski definition) is 3. The zero-order chi connectivity index (χ0) is 22.6. The van der Waals surface area contributed by atoms with E-state index in [2.05, 4.69) is 0 Å². The second kappa shape index (κ2) is 8.91. The minimum Gasteiger partial charge on any atom is -0.399 e. The van der Waals surface area contributed by atoms with Gasteiger partial charge in [0.2, 0.25) is 5.91 Å². The number of anilines is 1. The Hall–Kier alpha value is -3.81. The molecule has 8 heteroatoms. The van der Waals surface area contributed by atoms with Crippen molar-refractivity contribution >= 4 is 17.5 Å². The van der Waals surface area contributed by atoms with Gasteiger partial charge in [-0.1, -0.05) is 48.5 Å². The lowest BCUT2D eigenvalue weighted by Gasteiger charge is -2.30. The highest BCUT2D eigenvalue weighted by molar-refractivity contribution is 5.98. The summed E-state index contributed by atoms with van der Waals surface area (Å²) < 4.78 is 39.5. The molecule has 5 nitrogen and oxygen atoms in total. The van der Waals surface area contributed by atoms with Gasteiger partial charge in [0, 0.05) is 17.8 Å². The van der Waals surface area contributed by atoms with Crippen molar-refractivity contribution in [1.29, 1.82) is 0 Å². The van der Waals surface area contributed by atoms with Crippen LogP contribution in [0, 0.1) is 0 Å². The Balaban J connectivity index is 2.08. The fraction of sp³-hybridized carbons (Fsp3) is 0.130. The van der Waals surface area contributed by atoms with Crippen LogP contribution in [0.1, 0.15) is 33.1 Å². The molecule has 0 aliphatic heterocycles. The molecule has 0 bridgehead atoms. The second-order valence-electron chi connectivity index (χ2n) is 6.97. The van der Waals surface area contributed by atoms with Crippen molar-refractivity contribution in [3.05, 3.63) is 101 Å². The molecular formula is C23H20F3N3O2. The van der Waals surface area contributed by atoms with Gasteiger partial charge in [0.05, 0.1) is 5.56 Å². The van der Waals surface area contributed by atoms with Crippen LogP contribution < -0.4 is 11.5 Å². The van der Waals surface area contributed by atoms with Crippen molar-refractivity contribution in [2.24, 2.45) is 5.73 Å². The van der Waals surface area contributed by atoms with Crippen molar-refractivity contribution in [2.45, 2.75) is 18.8 Å². The van der Waals surface area contributed by atoms with Crippen LogP contribution >= 0.6 is 0 Å². The highest BCUT2D eigenvalue weighted by Gasteiger charge is 2.33. The lowest BCUT2D eigenvalue weighted by Crippen LogP contribution is -2.41. The number of amides is 2. The third-order valence-corrected chi connectivity index (χ3v) is 4.70. The van der Waals surface area contributed by atoms with Gasteiger partial charge in [-0.25, -0.2) is 0 Å². The number of carbonyl (C=O) groups is 2. The number of benzene rings is 3. The third-order valence-electron chi connectivity index (χ3n) is 4.70. The van der Waals surface area contributed by atoms with Crippen LogP contribution in [0.4, 0.5) is 18.9 Å². The molecule has 0 fully saturated rings. The highest BCUT2D eigenvalue weighted by atomic mass is 19.4. The second-order valence-corrected chi connectivity index (χ2v) is 6.97. The number of nitrogen functional groups attached to an aromatic ring is 1. The molecule has 160 valence electrons. The first-order chi connectivity index (χ1) is 14.7. The van der Waals surface area contributed by atoms with E-state index in [-0.39, 0.29) is 17.7 Å². The van der Waals surface area contributed by atoms with E-state index in [1.807, 2.05) is 0 Å². The SMILES string of the molecule is NC(=O)[C@@H](c1ccccc1)N(Cc1cccc(C(F)(F)F)c1)C(=O)c1cccc(N)c1. The summed E-state index contributed by atoms with van der Waals surface area (Å²) in [4.78, 5) is 26.9. The Kier molecular flexibility index (Phi) is 6.29. The molecular weight excluding hydrogens is 407 g/mol. The van der Waals surface area contributed by atoms with Crippen molar-refractivity contribution in [3.63, 3.8) is 0 Å². The van der Waals surface area contributed by atoms with Crippen LogP contribution in [-0.2, 0) is 17.5 Å². The summed E-state index contributed by atoms with van der Waals surface area (Å²) >= 11 is 0. The smallest absolute Gasteiger partial charge is 0.399 e. The van der Waals surface area contributed by atoms with Gasteiger partial charge >= 0.3 is 6.18 Å². The van der Waals surface area contributed by atoms with E-state index in [0.29, 0.717) is 11.3 Å². The van der Waals surface area contributed by atoms with Gasteiger partial charge in [0.25, 0.3) is 5.91 Å². The first-order valence-electron chi connectivity index (χ1n) is 9.33. The average Bonchev–Trinajstić information content (AvgIpc) is 2.73. The average molecular weight is 427 g/mol. The molecule has 0 radical (unpaired) electrons. The maximum Gasteiger partial charge on any atom is 0.416 e. The number of alkyl halides is 3. The van der Waals surface area contributed by atoms with Gasteiger partial charge in [-0.05, 0) is 41.5 Å². The van der Waals surface area contributed by atoms with E-state index in [4.69, 9.17) is 11.5 Å². The minimum atomic E-state index is -4.54. The van der Waals surface area contributed by atoms with E-state index in [9.17, 15) is 22.8 Å². The lowest BCUT2D eigenvalue weighted by atomic mass is 10.0. The number of primary amides is 1. The fourth-order valence-corrected chi connectivity index (χ4v) is 3.29. The highest BCUT2D eigenvalue weighted by Crippen LogP contribution is 2.31. The molecule has 0 saturated carbocycles. The molecule has 0 aliphatic rings. The van der Waals surface area contributed by atoms with E-state index in [1.54, 1.807) is 42.5 Å². The summed E-state index contributed by atoms with van der Waals surface area (Å²) in [6.45, 7) is -0.264. The molecule has 0 heterocycles. The molecule has 3 rings (SSSR count). The maximum absolute atomic E-state index is 13.3. The van der Waals surface area contributed by atoms with Gasteiger partial charge < -0.3 is 16.4 Å². The van der Waals surface area contributed by atoms with E-state index < -0.39 is 29.6 Å². The maximum atomic E-state index is 13.3. The first kappa shape index (κ1) is 21.9. The summed E-state index contributed by atoms with van der Waals surface area (Å²) in [6, 6.07) is 17.9. The van der Waals surface area contributed by atoms with Gasteiger partial charge in [0.15, 0.2) is 0 Å². The zero-order valence-electron chi connectivity index (χ0n) is 16.3. The Labute approximate surface area is 177 Å². The minimum absolute atomic E-state index is 0.189. The van der Waals surface area contributed by atoms with Crippen molar-refractivity contribution in [3.8, 4) is 0 Å². The van der Waals surface area contributed by atoms with E-state index >= 15 is 0 Å². The summed E-state index contributed by atoms with van der Waals surface area (Å²) in [5.41, 5.74) is 11.7. The van der Waals surface area contributed by atoms with Gasteiger partial charge in [-0.3, -0.25) is 9.59 Å². The summed E-state index contributed by atoms with van der Waals surface area (Å²) in [6.07, 6.45) is -4.54. The van der Waals surface area contributed by atoms with Crippen LogP contribution in [0.15, 0.2) is 78.9 Å². The lowest BCUT2D eigenvalue weighted by molar-refractivity contribution is -0.137. The number of carbonyl (C=O) groups excluding carboxylic acids is 2. The van der Waals surface area contributed by atoms with E-state index in [0.717, 1.165) is 17.0 Å². The Bertz CT molecular complexity index is 1080. The molecule has 0 aliphatic carbocycles. The predicted octanol–water partition coefficient (Wildman–Crippen LogP) is 4.16. The molecule has 4 N–H and O–H groups in total. The molecule has 31 heavy (non-hydrogen) atoms. The van der Waals surface area contributed by atoms with Crippen LogP contribution in [0.2, 0.25) is 0 Å². The normalized spacial score (nSPS) is 12.2. The molecule has 0 aromatic heterocycles. The van der Waals surface area contributed by atoms with Crippen LogP contribution in [0.3, 0.4) is 0 Å². The van der Waals surface area contributed by atoms with Gasteiger partial charge in [-0.2, -0.15) is 13.2 Å². The molecule has 0 spiro atoms. The molecule has 3 aromatic carbocycles. The number of rotatable bonds is 6. The largest absolute Gasteiger partial charge is 0.416 e. The number of nitrogens with two attached hydrogens (primary N) is 2. The topological polar surface area (TPSA) is 89.4 Å². The summed E-state index contributed by atoms with van der Waals surface area (Å²) in [5, 5.41) is 0. The van der Waals surface area contributed by atoms with Crippen LogP contribution in [0.25, 0.3) is 0 Å². The van der Waals surface area contributed by atoms with Crippen LogP contribution in [0.5, 0.6) is 0 Å². The van der Waals surface area contributed by atoms with E-state index in [1.165, 1.54) is 24.3 Å². The zero-order valence-corrected chi connectivity index (χ0v) is 16.3. The standard InChI is InChI=1S/C23H20F3N3O2/c24-23(25,26)18-10-4-6-15(12-18)14-29(22(31)17-9-5-11-19(27)13-17)20(21(28)30)16-7-2-1-3-8-16/h1-13,20H,14,27H2,(H2,28,30)/t20-/m1/s1. The van der Waals surface area contributed by atoms with Crippen molar-refractivity contribution < 1.29 is 22.8 Å². The first-order valence-corrected chi connectivity index (χ1v) is 9.33. The molecule has 2 amide bonds. The molecule has 1 atom stereocenters. The summed E-state index contributed by atoms with van der Waals surface area (Å²) in [5.74, 6) is -1.40. The molecule has 0 unspecified atom stereocenters. The summed E-state index contributed by atoms with van der Waals surface area (Å²) in [7, 11) is 0. The van der Waals surface area contributed by atoms with Crippen molar-refractivity contribution in [2.75, 3.05) is 5.73 Å². The number of hydrogen-bond donors (Lipinski definition) is 2. The number of nitrogens with zero attached hydrogens (tertiary/aromatic N) is 1. The monoisotopic (exact) mass is 427 g/mol. The molecule has 3 aromatic rings. The van der Waals surface area contributed by atoms with Gasteiger partial charge in [-0.15, -0.1) is 0 Å². The van der Waals surface area contributed by atoms with Crippen LogP contribution in [-0.4, -0.2) is 16.7 Å². The Morgan fingerprint density at radius 3 is 2.19 bits per heavy atom. The predicted molar refractivity (Wildman–Crippen MR) is 111 cm³/mol. The van der Waals surface area contributed by atoms with Gasteiger partial charge in [0.1, 0.15) is 6.04 Å². The van der Waals surface area contributed by atoms with Crippen molar-refractivity contribution in [1.82, 2.24) is 4.90 Å². The quantitative estimate of drug-likeness (QED) is 0.579. The fourth-order valence-electron chi connectivity index (χ4n) is 3.29.